The van der Waals surface area contributed by atoms with Gasteiger partial charge < -0.3 is 14.4 Å². The van der Waals surface area contributed by atoms with Crippen LogP contribution >= 0.6 is 11.3 Å². The Labute approximate surface area is 216 Å². The largest absolute Gasteiger partial charge is 0.494 e. The summed E-state index contributed by atoms with van der Waals surface area (Å²) in [7, 11) is 0. The number of carbonyl (C=O) groups is 1. The number of carbonyl (C=O) groups excluding carboxylic acids is 1. The van der Waals surface area contributed by atoms with Crippen LogP contribution in [0.1, 0.15) is 35.9 Å². The van der Waals surface area contributed by atoms with E-state index in [4.69, 9.17) is 14.5 Å². The highest BCUT2D eigenvalue weighted by Gasteiger charge is 2.31. The molecule has 0 aliphatic carbocycles. The Balaban J connectivity index is 1.26. The van der Waals surface area contributed by atoms with Gasteiger partial charge in [0.1, 0.15) is 11.5 Å². The number of unbranched alkanes of at least 4 members (excludes halogenated alkanes) is 1. The highest BCUT2D eigenvalue weighted by molar-refractivity contribution is 7.10. The minimum Gasteiger partial charge on any atom is -0.494 e. The maximum Gasteiger partial charge on any atom is 0.267 e. The van der Waals surface area contributed by atoms with Crippen LogP contribution < -0.4 is 14.4 Å². The predicted octanol–water partition coefficient (Wildman–Crippen LogP) is 6.68. The number of ether oxygens (including phenoxy) is 2. The zero-order valence-corrected chi connectivity index (χ0v) is 21.5. The van der Waals surface area contributed by atoms with E-state index in [1.165, 1.54) is 11.1 Å². The second-order valence-electron chi connectivity index (χ2n) is 9.09. The monoisotopic (exact) mass is 498 g/mol. The predicted molar refractivity (Wildman–Crippen MR) is 145 cm³/mol. The van der Waals surface area contributed by atoms with Crippen LogP contribution in [0.3, 0.4) is 0 Å². The third-order valence-electron chi connectivity index (χ3n) is 6.25. The smallest absolute Gasteiger partial charge is 0.267 e. The summed E-state index contributed by atoms with van der Waals surface area (Å²) in [6, 6.07) is 24.4. The number of benzene rings is 3. The molecule has 1 unspecified atom stereocenters. The summed E-state index contributed by atoms with van der Waals surface area (Å²) in [5, 5.41) is 3.15. The fourth-order valence-corrected chi connectivity index (χ4v) is 5.20. The van der Waals surface area contributed by atoms with Gasteiger partial charge in [0.2, 0.25) is 0 Å². The van der Waals surface area contributed by atoms with Crippen LogP contribution in [-0.4, -0.2) is 30.1 Å². The lowest BCUT2D eigenvalue weighted by molar-refractivity contribution is -0.125. The highest BCUT2D eigenvalue weighted by Crippen LogP contribution is 2.38. The molecule has 0 N–H and O–H groups in total. The Morgan fingerprint density at radius 3 is 2.72 bits per heavy atom. The number of rotatable bonds is 9. The molecule has 1 aromatic heterocycles. The first kappa shape index (κ1) is 24.1. The molecule has 0 saturated carbocycles. The molecule has 0 radical (unpaired) electrons. The highest BCUT2D eigenvalue weighted by atomic mass is 32.1. The first-order valence-corrected chi connectivity index (χ1v) is 13.2. The van der Waals surface area contributed by atoms with Crippen molar-refractivity contribution in [2.45, 2.75) is 39.2 Å². The van der Waals surface area contributed by atoms with E-state index in [2.05, 4.69) is 42.6 Å². The summed E-state index contributed by atoms with van der Waals surface area (Å²) in [6.07, 6.45) is 2.01. The van der Waals surface area contributed by atoms with Gasteiger partial charge in [-0.05, 0) is 68.1 Å². The van der Waals surface area contributed by atoms with Gasteiger partial charge in [-0.25, -0.2) is 4.98 Å². The standard InChI is InChI=1S/C30H30N2O3S/c1-21-9-8-12-25(17-21)34-16-7-6-15-32-27-19-24(13-14-28(27)35-22(2)30(32)33)26-20-36-29(31-26)18-23-10-4-3-5-11-23/h3-5,8-14,17,19-20,22H,6-7,15-16,18H2,1-2H3. The third kappa shape index (κ3) is 5.60. The fourth-order valence-electron chi connectivity index (χ4n) is 4.36. The summed E-state index contributed by atoms with van der Waals surface area (Å²) in [5.74, 6) is 1.61. The molecule has 184 valence electrons. The lowest BCUT2D eigenvalue weighted by atomic mass is 10.1. The molecule has 3 aromatic carbocycles. The maximum atomic E-state index is 13.0. The normalized spacial score (nSPS) is 14.9. The molecule has 1 atom stereocenters. The number of fused-ring (bicyclic) bond motifs is 1. The number of anilines is 1. The minimum absolute atomic E-state index is 0.0118. The Kier molecular flexibility index (Phi) is 7.33. The maximum absolute atomic E-state index is 13.0. The average molecular weight is 499 g/mol. The summed E-state index contributed by atoms with van der Waals surface area (Å²) in [6.45, 7) is 5.10. The molecule has 2 heterocycles. The Morgan fingerprint density at radius 1 is 1.03 bits per heavy atom. The summed E-state index contributed by atoms with van der Waals surface area (Å²) < 4.78 is 11.8. The van der Waals surface area contributed by atoms with Crippen molar-refractivity contribution < 1.29 is 14.3 Å². The number of aromatic nitrogens is 1. The van der Waals surface area contributed by atoms with Crippen molar-refractivity contribution in [3.63, 3.8) is 0 Å². The van der Waals surface area contributed by atoms with Crippen LogP contribution in [0.2, 0.25) is 0 Å². The summed E-state index contributed by atoms with van der Waals surface area (Å²) in [4.78, 5) is 19.7. The Hall–Kier alpha value is -3.64. The molecule has 1 aliphatic heterocycles. The van der Waals surface area contributed by atoms with Gasteiger partial charge in [-0.1, -0.05) is 42.5 Å². The first-order chi connectivity index (χ1) is 17.6. The minimum atomic E-state index is -0.497. The van der Waals surface area contributed by atoms with Crippen molar-refractivity contribution in [3.8, 4) is 22.8 Å². The quantitative estimate of drug-likeness (QED) is 0.242. The summed E-state index contributed by atoms with van der Waals surface area (Å²) in [5.41, 5.74) is 5.15. The van der Waals surface area contributed by atoms with E-state index < -0.39 is 6.10 Å². The Morgan fingerprint density at radius 2 is 1.89 bits per heavy atom. The van der Waals surface area contributed by atoms with Gasteiger partial charge >= 0.3 is 0 Å². The van der Waals surface area contributed by atoms with Crippen LogP contribution in [0, 0.1) is 6.92 Å². The molecule has 0 saturated heterocycles. The molecule has 4 aromatic rings. The first-order valence-electron chi connectivity index (χ1n) is 12.4. The molecule has 1 amide bonds. The number of amides is 1. The zero-order chi connectivity index (χ0) is 24.9. The van der Waals surface area contributed by atoms with Gasteiger partial charge in [-0.2, -0.15) is 0 Å². The van der Waals surface area contributed by atoms with E-state index in [1.807, 2.05) is 54.3 Å². The molecule has 0 bridgehead atoms. The number of hydrogen-bond acceptors (Lipinski definition) is 5. The number of thiazole rings is 1. The van der Waals surface area contributed by atoms with Crippen molar-refractivity contribution >= 4 is 22.9 Å². The van der Waals surface area contributed by atoms with Gasteiger partial charge in [0.15, 0.2) is 6.10 Å². The van der Waals surface area contributed by atoms with E-state index in [0.29, 0.717) is 13.2 Å². The lowest BCUT2D eigenvalue weighted by Crippen LogP contribution is -2.45. The fraction of sp³-hybridized carbons (Fsp3) is 0.267. The van der Waals surface area contributed by atoms with Gasteiger partial charge in [-0.15, -0.1) is 11.3 Å². The molecule has 1 aliphatic rings. The molecule has 36 heavy (non-hydrogen) atoms. The number of nitrogens with zero attached hydrogens (tertiary/aromatic N) is 2. The van der Waals surface area contributed by atoms with Crippen LogP contribution in [0.4, 0.5) is 5.69 Å². The third-order valence-corrected chi connectivity index (χ3v) is 7.10. The summed E-state index contributed by atoms with van der Waals surface area (Å²) >= 11 is 1.66. The topological polar surface area (TPSA) is 51.7 Å². The van der Waals surface area contributed by atoms with E-state index >= 15 is 0 Å². The average Bonchev–Trinajstić information content (AvgIpc) is 3.35. The SMILES string of the molecule is Cc1cccc(OCCCCN2C(=O)C(C)Oc3ccc(-c4csc(Cc5ccccc5)n4)cc32)c1. The Bertz CT molecular complexity index is 1340. The number of hydrogen-bond donors (Lipinski definition) is 0. The molecule has 5 nitrogen and oxygen atoms in total. The van der Waals surface area contributed by atoms with Crippen molar-refractivity contribution in [3.05, 3.63) is 94.3 Å². The van der Waals surface area contributed by atoms with Gasteiger partial charge in [0.05, 0.1) is 23.0 Å². The van der Waals surface area contributed by atoms with Gasteiger partial charge in [0.25, 0.3) is 5.91 Å². The molecular formula is C30H30N2O3S. The molecular weight excluding hydrogens is 468 g/mol. The van der Waals surface area contributed by atoms with Crippen molar-refractivity contribution in [1.82, 2.24) is 4.98 Å². The molecule has 0 spiro atoms. The lowest BCUT2D eigenvalue weighted by Gasteiger charge is -2.33. The van der Waals surface area contributed by atoms with Gasteiger partial charge in [-0.3, -0.25) is 4.79 Å². The van der Waals surface area contributed by atoms with Crippen LogP contribution in [0.25, 0.3) is 11.3 Å². The molecule has 6 heteroatoms. The van der Waals surface area contributed by atoms with Gasteiger partial charge in [0, 0.05) is 23.9 Å². The van der Waals surface area contributed by atoms with Crippen LogP contribution in [-0.2, 0) is 11.2 Å². The van der Waals surface area contributed by atoms with Crippen LogP contribution in [0.15, 0.2) is 78.2 Å². The van der Waals surface area contributed by atoms with E-state index in [1.54, 1.807) is 11.3 Å². The van der Waals surface area contributed by atoms with Crippen LogP contribution in [0.5, 0.6) is 11.5 Å². The van der Waals surface area contributed by atoms with E-state index in [9.17, 15) is 4.79 Å². The second-order valence-corrected chi connectivity index (χ2v) is 10.0. The molecule has 0 fully saturated rings. The van der Waals surface area contributed by atoms with E-state index in [0.717, 1.165) is 52.7 Å². The number of aryl methyl sites for hydroxylation is 1. The van der Waals surface area contributed by atoms with E-state index in [-0.39, 0.29) is 5.91 Å². The molecule has 5 rings (SSSR count). The van der Waals surface area contributed by atoms with Crippen molar-refractivity contribution in [1.29, 1.82) is 0 Å². The zero-order valence-electron chi connectivity index (χ0n) is 20.6. The van der Waals surface area contributed by atoms with Crippen molar-refractivity contribution in [2.24, 2.45) is 0 Å². The van der Waals surface area contributed by atoms with Crippen molar-refractivity contribution in [2.75, 3.05) is 18.1 Å². The second kappa shape index (κ2) is 11.0.